The van der Waals surface area contributed by atoms with Crippen LogP contribution in [0.5, 0.6) is 11.5 Å². The molecule has 0 saturated carbocycles. The maximum Gasteiger partial charge on any atom is 0.267 e. The minimum absolute atomic E-state index is 0.0233. The van der Waals surface area contributed by atoms with Gasteiger partial charge in [0, 0.05) is 10.9 Å². The predicted molar refractivity (Wildman–Crippen MR) is 129 cm³/mol. The van der Waals surface area contributed by atoms with Crippen molar-refractivity contribution in [2.24, 2.45) is 0 Å². The molecule has 2 aromatic carbocycles. The number of thiophene rings is 1. The van der Waals surface area contributed by atoms with Crippen molar-refractivity contribution in [3.8, 4) is 17.2 Å². The van der Waals surface area contributed by atoms with Gasteiger partial charge >= 0.3 is 0 Å². The van der Waals surface area contributed by atoms with Gasteiger partial charge in [0.05, 0.1) is 22.4 Å². The zero-order valence-electron chi connectivity index (χ0n) is 18.1. The quantitative estimate of drug-likeness (QED) is 0.242. The number of thioether (sulfide) groups is 1. The van der Waals surface area contributed by atoms with Crippen molar-refractivity contribution in [2.45, 2.75) is 32.9 Å². The largest absolute Gasteiger partial charge is 0.508 e. The Morgan fingerprint density at radius 3 is 2.53 bits per heavy atom. The molecule has 32 heavy (non-hydrogen) atoms. The molecule has 4 aromatic rings. The molecule has 2 heterocycles. The number of aryl methyl sites for hydroxylation is 4. The molecule has 0 bridgehead atoms. The summed E-state index contributed by atoms with van der Waals surface area (Å²) in [7, 11) is 0. The van der Waals surface area contributed by atoms with E-state index in [1.807, 2.05) is 45.9 Å². The number of phenolic OH excluding ortho intramolecular Hbond substituents is 2. The van der Waals surface area contributed by atoms with Gasteiger partial charge in [-0.3, -0.25) is 14.2 Å². The molecular weight excluding hydrogens is 444 g/mol. The number of aromatic nitrogens is 2. The molecule has 0 aliphatic heterocycles. The first-order valence-corrected chi connectivity index (χ1v) is 11.8. The molecule has 0 saturated heterocycles. The fourth-order valence-electron chi connectivity index (χ4n) is 3.60. The summed E-state index contributed by atoms with van der Waals surface area (Å²) in [5, 5.41) is 20.5. The second kappa shape index (κ2) is 8.44. The van der Waals surface area contributed by atoms with Crippen LogP contribution in [0, 0.1) is 27.7 Å². The Morgan fingerprint density at radius 2 is 1.84 bits per heavy atom. The maximum atomic E-state index is 13.6. The molecule has 0 fully saturated rings. The van der Waals surface area contributed by atoms with Gasteiger partial charge in [-0.25, -0.2) is 4.98 Å². The van der Waals surface area contributed by atoms with Crippen LogP contribution in [0.4, 0.5) is 0 Å². The van der Waals surface area contributed by atoms with Gasteiger partial charge in [0.25, 0.3) is 5.56 Å². The number of nitrogens with zero attached hydrogens (tertiary/aromatic N) is 2. The summed E-state index contributed by atoms with van der Waals surface area (Å²) in [6, 6.07) is 9.71. The number of phenols is 2. The highest BCUT2D eigenvalue weighted by atomic mass is 32.2. The molecule has 0 aliphatic rings. The third kappa shape index (κ3) is 3.91. The third-order valence-electron chi connectivity index (χ3n) is 5.38. The zero-order chi connectivity index (χ0) is 23.2. The zero-order valence-corrected chi connectivity index (χ0v) is 19.7. The van der Waals surface area contributed by atoms with Gasteiger partial charge in [-0.1, -0.05) is 29.5 Å². The fourth-order valence-corrected chi connectivity index (χ4v) is 5.56. The Hall–Kier alpha value is -3.10. The van der Waals surface area contributed by atoms with Crippen LogP contribution in [0.1, 0.15) is 31.9 Å². The second-order valence-corrected chi connectivity index (χ2v) is 9.85. The number of benzene rings is 2. The van der Waals surface area contributed by atoms with Gasteiger partial charge in [0.1, 0.15) is 16.3 Å². The van der Waals surface area contributed by atoms with Crippen LogP contribution in [-0.2, 0) is 0 Å². The standard InChI is InChI=1S/C24H22N2O4S2/c1-12-5-8-18(13(2)9-12)26-23(30)21-14(3)15(4)32-22(21)25-24(26)31-11-20(29)17-7-6-16(27)10-19(17)28/h5-10,27-28H,11H2,1-4H3. The van der Waals surface area contributed by atoms with Crippen molar-refractivity contribution in [2.75, 3.05) is 5.75 Å². The Bertz CT molecular complexity index is 1440. The summed E-state index contributed by atoms with van der Waals surface area (Å²) >= 11 is 2.61. The Morgan fingerprint density at radius 1 is 1.09 bits per heavy atom. The number of hydrogen-bond acceptors (Lipinski definition) is 7. The number of carbonyl (C=O) groups is 1. The van der Waals surface area contributed by atoms with Crippen LogP contribution in [0.25, 0.3) is 15.9 Å². The lowest BCUT2D eigenvalue weighted by molar-refractivity contribution is 0.102. The van der Waals surface area contributed by atoms with E-state index < -0.39 is 0 Å². The molecule has 2 N–H and O–H groups in total. The summed E-state index contributed by atoms with van der Waals surface area (Å²) in [6.45, 7) is 7.82. The molecule has 0 amide bonds. The van der Waals surface area contributed by atoms with E-state index in [0.717, 1.165) is 45.1 Å². The minimum atomic E-state index is -0.326. The monoisotopic (exact) mass is 466 g/mol. The lowest BCUT2D eigenvalue weighted by Crippen LogP contribution is -2.23. The summed E-state index contributed by atoms with van der Waals surface area (Å²) < 4.78 is 1.57. The van der Waals surface area contributed by atoms with Crippen LogP contribution in [0.15, 0.2) is 46.3 Å². The van der Waals surface area contributed by atoms with E-state index in [0.29, 0.717) is 15.4 Å². The van der Waals surface area contributed by atoms with Gasteiger partial charge in [-0.15, -0.1) is 11.3 Å². The number of carbonyl (C=O) groups excluding carboxylic acids is 1. The summed E-state index contributed by atoms with van der Waals surface area (Å²) in [6.07, 6.45) is 0. The molecule has 0 radical (unpaired) electrons. The Kier molecular flexibility index (Phi) is 5.83. The molecule has 6 nitrogen and oxygen atoms in total. The number of aromatic hydroxyl groups is 2. The number of hydrogen-bond donors (Lipinski definition) is 2. The van der Waals surface area contributed by atoms with Gasteiger partial charge in [-0.2, -0.15) is 0 Å². The molecule has 0 atom stereocenters. The highest BCUT2D eigenvalue weighted by Crippen LogP contribution is 2.31. The van der Waals surface area contributed by atoms with Crippen molar-refractivity contribution < 1.29 is 15.0 Å². The van der Waals surface area contributed by atoms with Gasteiger partial charge in [0.15, 0.2) is 10.9 Å². The number of Topliss-reactive ketones (excluding diaryl/α,β-unsaturated/α-hetero) is 1. The van der Waals surface area contributed by atoms with Crippen molar-refractivity contribution in [1.29, 1.82) is 0 Å². The van der Waals surface area contributed by atoms with Crippen molar-refractivity contribution in [3.63, 3.8) is 0 Å². The van der Waals surface area contributed by atoms with Crippen LogP contribution in [0.3, 0.4) is 0 Å². The van der Waals surface area contributed by atoms with E-state index in [2.05, 4.69) is 0 Å². The van der Waals surface area contributed by atoms with Crippen LogP contribution in [0.2, 0.25) is 0 Å². The van der Waals surface area contributed by atoms with Gasteiger partial charge in [-0.05, 0) is 57.0 Å². The van der Waals surface area contributed by atoms with E-state index in [1.165, 1.54) is 23.5 Å². The highest BCUT2D eigenvalue weighted by Gasteiger charge is 2.21. The first kappa shape index (κ1) is 22.1. The van der Waals surface area contributed by atoms with E-state index in [-0.39, 0.29) is 34.2 Å². The second-order valence-electron chi connectivity index (χ2n) is 7.70. The molecular formula is C24H22N2O4S2. The molecule has 0 spiro atoms. The molecule has 164 valence electrons. The lowest BCUT2D eigenvalue weighted by Gasteiger charge is -2.15. The predicted octanol–water partition coefficient (Wildman–Crippen LogP) is 5.07. The number of rotatable bonds is 5. The average Bonchev–Trinajstić information content (AvgIpc) is 3.01. The van der Waals surface area contributed by atoms with Crippen LogP contribution < -0.4 is 5.56 Å². The summed E-state index contributed by atoms with van der Waals surface area (Å²) in [5.74, 6) is -0.751. The topological polar surface area (TPSA) is 92.4 Å². The fraction of sp³-hybridized carbons (Fsp3) is 0.208. The summed E-state index contributed by atoms with van der Waals surface area (Å²) in [4.78, 5) is 32.8. The van der Waals surface area contributed by atoms with Crippen molar-refractivity contribution in [3.05, 3.63) is 73.9 Å². The van der Waals surface area contributed by atoms with Crippen molar-refractivity contribution in [1.82, 2.24) is 9.55 Å². The lowest BCUT2D eigenvalue weighted by atomic mass is 10.1. The first-order valence-electron chi connectivity index (χ1n) is 9.95. The SMILES string of the molecule is Cc1ccc(-n2c(SCC(=O)c3ccc(O)cc3O)nc3sc(C)c(C)c3c2=O)c(C)c1. The Labute approximate surface area is 193 Å². The van der Waals surface area contributed by atoms with Crippen LogP contribution >= 0.6 is 23.1 Å². The first-order chi connectivity index (χ1) is 15.2. The Balaban J connectivity index is 1.82. The normalized spacial score (nSPS) is 11.2. The van der Waals surface area contributed by atoms with E-state index in [4.69, 9.17) is 4.98 Å². The van der Waals surface area contributed by atoms with Gasteiger partial charge in [0.2, 0.25) is 0 Å². The maximum absolute atomic E-state index is 13.6. The smallest absolute Gasteiger partial charge is 0.267 e. The average molecular weight is 467 g/mol. The number of fused-ring (bicyclic) bond motifs is 1. The minimum Gasteiger partial charge on any atom is -0.508 e. The molecule has 2 aromatic heterocycles. The molecule has 0 aliphatic carbocycles. The molecule has 4 rings (SSSR count). The van der Waals surface area contributed by atoms with Crippen LogP contribution in [-0.4, -0.2) is 31.3 Å². The van der Waals surface area contributed by atoms with E-state index in [1.54, 1.807) is 4.57 Å². The van der Waals surface area contributed by atoms with Gasteiger partial charge < -0.3 is 10.2 Å². The molecule has 8 heteroatoms. The number of ketones is 1. The van der Waals surface area contributed by atoms with E-state index in [9.17, 15) is 19.8 Å². The van der Waals surface area contributed by atoms with E-state index >= 15 is 0 Å². The summed E-state index contributed by atoms with van der Waals surface area (Å²) in [5.41, 5.74) is 3.61. The highest BCUT2D eigenvalue weighted by molar-refractivity contribution is 7.99. The van der Waals surface area contributed by atoms with Crippen molar-refractivity contribution >= 4 is 39.1 Å². The molecule has 0 unspecified atom stereocenters. The third-order valence-corrected chi connectivity index (χ3v) is 7.42.